The molecule has 1 aromatic rings. The van der Waals surface area contributed by atoms with Crippen molar-refractivity contribution in [1.29, 1.82) is 0 Å². The third-order valence-corrected chi connectivity index (χ3v) is 2.59. The van der Waals surface area contributed by atoms with Crippen molar-refractivity contribution in [3.63, 3.8) is 0 Å². The number of alkyl halides is 3. The van der Waals surface area contributed by atoms with Gasteiger partial charge >= 0.3 is 18.2 Å². The molecule has 0 aromatic heterocycles. The Morgan fingerprint density at radius 3 is 2.29 bits per heavy atom. The smallest absolute Gasteiger partial charge is 0.419 e. The second kappa shape index (κ2) is 7.41. The largest absolute Gasteiger partial charge is 0.490 e. The van der Waals surface area contributed by atoms with Crippen LogP contribution in [0.25, 0.3) is 0 Å². The summed E-state index contributed by atoms with van der Waals surface area (Å²) in [5.74, 6) is -1.99. The van der Waals surface area contributed by atoms with E-state index in [1.54, 1.807) is 20.8 Å². The summed E-state index contributed by atoms with van der Waals surface area (Å²) in [6.07, 6.45) is -5.66. The Labute approximate surface area is 136 Å². The Bertz CT molecular complexity index is 596. The number of hydrogen-bond acceptors (Lipinski definition) is 4. The fourth-order valence-electron chi connectivity index (χ4n) is 1.62. The third-order valence-electron chi connectivity index (χ3n) is 2.59. The molecule has 1 amide bonds. The maximum atomic E-state index is 12.8. The first-order valence-electron chi connectivity index (χ1n) is 6.91. The van der Waals surface area contributed by atoms with Crippen molar-refractivity contribution in [3.05, 3.63) is 29.8 Å². The lowest BCUT2D eigenvalue weighted by Crippen LogP contribution is -2.46. The lowest BCUT2D eigenvalue weighted by molar-refractivity contribution is -0.140. The van der Waals surface area contributed by atoms with Crippen molar-refractivity contribution >= 4 is 12.1 Å². The SMILES string of the molecule is CC(C)(C)OC(=O)NC(COc1ccccc1C(F)(F)F)C(=O)O. The first kappa shape index (κ1) is 19.6. The van der Waals surface area contributed by atoms with Crippen molar-refractivity contribution in [2.75, 3.05) is 6.61 Å². The molecule has 134 valence electrons. The summed E-state index contributed by atoms with van der Waals surface area (Å²) in [5, 5.41) is 11.1. The van der Waals surface area contributed by atoms with Gasteiger partial charge in [-0.05, 0) is 32.9 Å². The summed E-state index contributed by atoms with van der Waals surface area (Å²) in [6.45, 7) is 4.05. The molecule has 6 nitrogen and oxygen atoms in total. The number of aliphatic carboxylic acids is 1. The van der Waals surface area contributed by atoms with Gasteiger partial charge in [0.15, 0.2) is 6.04 Å². The van der Waals surface area contributed by atoms with Gasteiger partial charge in [0.2, 0.25) is 0 Å². The molecule has 1 aromatic carbocycles. The van der Waals surface area contributed by atoms with E-state index in [1.165, 1.54) is 12.1 Å². The van der Waals surface area contributed by atoms with Crippen LogP contribution in [0.4, 0.5) is 18.0 Å². The molecule has 0 radical (unpaired) electrons. The summed E-state index contributed by atoms with van der Waals surface area (Å²) in [4.78, 5) is 22.7. The van der Waals surface area contributed by atoms with E-state index in [1.807, 2.05) is 5.32 Å². The maximum Gasteiger partial charge on any atom is 0.419 e. The minimum absolute atomic E-state index is 0.526. The molecule has 0 saturated carbocycles. The van der Waals surface area contributed by atoms with E-state index in [4.69, 9.17) is 14.6 Å². The quantitative estimate of drug-likeness (QED) is 0.853. The highest BCUT2D eigenvalue weighted by molar-refractivity contribution is 5.80. The fraction of sp³-hybridized carbons (Fsp3) is 0.467. The molecule has 0 saturated heterocycles. The van der Waals surface area contributed by atoms with E-state index in [0.717, 1.165) is 12.1 Å². The van der Waals surface area contributed by atoms with Gasteiger partial charge in [-0.3, -0.25) is 0 Å². The summed E-state index contributed by atoms with van der Waals surface area (Å²) < 4.78 is 48.4. The number of carboxylic acids is 1. The van der Waals surface area contributed by atoms with Crippen LogP contribution in [-0.4, -0.2) is 35.4 Å². The van der Waals surface area contributed by atoms with Gasteiger partial charge in [-0.1, -0.05) is 12.1 Å². The fourth-order valence-corrected chi connectivity index (χ4v) is 1.62. The molecule has 0 spiro atoms. The number of carboxylic acid groups (broad SMARTS) is 1. The van der Waals surface area contributed by atoms with Crippen LogP contribution in [0.1, 0.15) is 26.3 Å². The van der Waals surface area contributed by atoms with E-state index in [2.05, 4.69) is 0 Å². The molecule has 0 aliphatic heterocycles. The van der Waals surface area contributed by atoms with Crippen LogP contribution < -0.4 is 10.1 Å². The molecular weight excluding hydrogens is 331 g/mol. The Hall–Kier alpha value is -2.45. The number of rotatable bonds is 5. The minimum atomic E-state index is -4.64. The van der Waals surface area contributed by atoms with Gasteiger partial charge in [0.05, 0.1) is 5.56 Å². The number of carbonyl (C=O) groups excluding carboxylic acids is 1. The summed E-state index contributed by atoms with van der Waals surface area (Å²) in [5.41, 5.74) is -1.89. The number of nitrogens with one attached hydrogen (secondary N) is 1. The van der Waals surface area contributed by atoms with Gasteiger partial charge in [0, 0.05) is 0 Å². The van der Waals surface area contributed by atoms with Crippen LogP contribution in [0.2, 0.25) is 0 Å². The second-order valence-corrected chi connectivity index (χ2v) is 5.84. The molecule has 2 N–H and O–H groups in total. The van der Waals surface area contributed by atoms with Gasteiger partial charge in [-0.15, -0.1) is 0 Å². The van der Waals surface area contributed by atoms with Crippen molar-refractivity contribution < 1.29 is 37.3 Å². The molecule has 1 rings (SSSR count). The standard InChI is InChI=1S/C15H18F3NO5/c1-14(2,3)24-13(22)19-10(12(20)21)8-23-11-7-5-4-6-9(11)15(16,17)18/h4-7,10H,8H2,1-3H3,(H,19,22)(H,20,21). The van der Waals surface area contributed by atoms with Gasteiger partial charge in [-0.25, -0.2) is 9.59 Å². The van der Waals surface area contributed by atoms with Crippen LogP contribution in [0.5, 0.6) is 5.75 Å². The molecular formula is C15H18F3NO5. The van der Waals surface area contributed by atoms with Crippen LogP contribution in [0.15, 0.2) is 24.3 Å². The number of alkyl carbamates (subject to hydrolysis) is 1. The van der Waals surface area contributed by atoms with E-state index >= 15 is 0 Å². The molecule has 9 heteroatoms. The average Bonchev–Trinajstić information content (AvgIpc) is 2.40. The molecule has 1 unspecified atom stereocenters. The molecule has 0 aliphatic rings. The molecule has 24 heavy (non-hydrogen) atoms. The predicted octanol–water partition coefficient (Wildman–Crippen LogP) is 3.06. The summed E-state index contributed by atoms with van der Waals surface area (Å²) >= 11 is 0. The third kappa shape index (κ3) is 6.35. The van der Waals surface area contributed by atoms with Gasteiger partial charge < -0.3 is 19.9 Å². The highest BCUT2D eigenvalue weighted by Gasteiger charge is 2.34. The topological polar surface area (TPSA) is 84.9 Å². The number of ether oxygens (including phenoxy) is 2. The lowest BCUT2D eigenvalue weighted by atomic mass is 10.2. The molecule has 1 atom stereocenters. The summed E-state index contributed by atoms with van der Waals surface area (Å²) in [7, 11) is 0. The number of halogens is 3. The van der Waals surface area contributed by atoms with Crippen LogP contribution in [0.3, 0.4) is 0 Å². The van der Waals surface area contributed by atoms with Crippen molar-refractivity contribution in [2.24, 2.45) is 0 Å². The normalized spacial score (nSPS) is 13.1. The highest BCUT2D eigenvalue weighted by atomic mass is 19.4. The van der Waals surface area contributed by atoms with Crippen molar-refractivity contribution in [2.45, 2.75) is 38.6 Å². The van der Waals surface area contributed by atoms with Gasteiger partial charge in [-0.2, -0.15) is 13.2 Å². The Morgan fingerprint density at radius 1 is 1.21 bits per heavy atom. The van der Waals surface area contributed by atoms with Gasteiger partial charge in [0.25, 0.3) is 0 Å². The lowest BCUT2D eigenvalue weighted by Gasteiger charge is -2.22. The van der Waals surface area contributed by atoms with E-state index in [-0.39, 0.29) is 0 Å². The Kier molecular flexibility index (Phi) is 6.05. The molecule has 0 aliphatic carbocycles. The van der Waals surface area contributed by atoms with Gasteiger partial charge in [0.1, 0.15) is 18.0 Å². The average molecular weight is 349 g/mol. The number of hydrogen-bond donors (Lipinski definition) is 2. The first-order valence-corrected chi connectivity index (χ1v) is 6.91. The Morgan fingerprint density at radius 2 is 1.79 bits per heavy atom. The van der Waals surface area contributed by atoms with E-state index in [0.29, 0.717) is 0 Å². The predicted molar refractivity (Wildman–Crippen MR) is 77.7 cm³/mol. The molecule has 0 fully saturated rings. The zero-order chi connectivity index (χ0) is 18.5. The number of benzene rings is 1. The van der Waals surface area contributed by atoms with E-state index < -0.39 is 47.8 Å². The molecule has 0 heterocycles. The number of carbonyl (C=O) groups is 2. The zero-order valence-electron chi connectivity index (χ0n) is 13.3. The maximum absolute atomic E-state index is 12.8. The van der Waals surface area contributed by atoms with E-state index in [9.17, 15) is 22.8 Å². The Balaban J connectivity index is 2.79. The highest BCUT2D eigenvalue weighted by Crippen LogP contribution is 2.35. The summed E-state index contributed by atoms with van der Waals surface area (Å²) in [6, 6.07) is 2.81. The van der Waals surface area contributed by atoms with Crippen LogP contribution in [-0.2, 0) is 15.7 Å². The van der Waals surface area contributed by atoms with Crippen molar-refractivity contribution in [3.8, 4) is 5.75 Å². The molecule has 0 bridgehead atoms. The number of amides is 1. The van der Waals surface area contributed by atoms with Crippen LogP contribution >= 0.6 is 0 Å². The van der Waals surface area contributed by atoms with Crippen LogP contribution in [0, 0.1) is 0 Å². The van der Waals surface area contributed by atoms with Crippen molar-refractivity contribution in [1.82, 2.24) is 5.32 Å². The number of para-hydroxylation sites is 1. The second-order valence-electron chi connectivity index (χ2n) is 5.84. The zero-order valence-corrected chi connectivity index (χ0v) is 13.3. The minimum Gasteiger partial charge on any atom is -0.490 e. The monoisotopic (exact) mass is 349 g/mol. The first-order chi connectivity index (χ1) is 10.9.